The van der Waals surface area contributed by atoms with E-state index < -0.39 is 0 Å². The van der Waals surface area contributed by atoms with E-state index in [4.69, 9.17) is 4.98 Å². The van der Waals surface area contributed by atoms with Gasteiger partial charge in [0.1, 0.15) is 11.9 Å². The summed E-state index contributed by atoms with van der Waals surface area (Å²) in [6.45, 7) is 6.58. The average molecular weight is 498 g/mol. The molecule has 1 saturated heterocycles. The van der Waals surface area contributed by atoms with Gasteiger partial charge in [-0.15, -0.1) is 0 Å². The molecule has 4 rings (SSSR count). The first kappa shape index (κ1) is 26.1. The van der Waals surface area contributed by atoms with Crippen LogP contribution in [0.3, 0.4) is 0 Å². The lowest BCUT2D eigenvalue weighted by Gasteiger charge is -2.34. The Morgan fingerprint density at radius 2 is 1.89 bits per heavy atom. The van der Waals surface area contributed by atoms with E-state index in [0.29, 0.717) is 29.7 Å². The Morgan fingerprint density at radius 3 is 2.54 bits per heavy atom. The number of hydrogen-bond donors (Lipinski definition) is 2. The van der Waals surface area contributed by atoms with Gasteiger partial charge in [-0.25, -0.2) is 9.97 Å². The molecule has 8 heteroatoms. The highest BCUT2D eigenvalue weighted by Crippen LogP contribution is 2.24. The second-order valence-corrected chi connectivity index (χ2v) is 10.1. The molecule has 192 valence electrons. The fraction of sp³-hybridized carbons (Fsp3) is 0.379. The van der Waals surface area contributed by atoms with Crippen LogP contribution >= 0.6 is 0 Å². The number of nitrogens with zero attached hydrogens (tertiary/aromatic N) is 5. The summed E-state index contributed by atoms with van der Waals surface area (Å²) in [4.78, 5) is 26.2. The zero-order valence-corrected chi connectivity index (χ0v) is 22.0. The Kier molecular flexibility index (Phi) is 8.36. The Morgan fingerprint density at radius 1 is 1.16 bits per heavy atom. The number of hydrogen-bond acceptors (Lipinski definition) is 7. The summed E-state index contributed by atoms with van der Waals surface area (Å²) >= 11 is 0. The summed E-state index contributed by atoms with van der Waals surface area (Å²) < 4.78 is 0. The number of carbonyl (C=O) groups excluding carboxylic acids is 1. The molecule has 1 atom stereocenters. The van der Waals surface area contributed by atoms with E-state index >= 15 is 0 Å². The van der Waals surface area contributed by atoms with E-state index in [1.54, 1.807) is 6.20 Å². The van der Waals surface area contributed by atoms with Crippen molar-refractivity contribution in [2.75, 3.05) is 37.4 Å². The van der Waals surface area contributed by atoms with Gasteiger partial charge in [0.2, 0.25) is 0 Å². The van der Waals surface area contributed by atoms with Crippen LogP contribution < -0.4 is 15.5 Å². The van der Waals surface area contributed by atoms with Crippen molar-refractivity contribution in [3.05, 3.63) is 77.1 Å². The van der Waals surface area contributed by atoms with Crippen LogP contribution in [-0.4, -0.2) is 54.0 Å². The average Bonchev–Trinajstić information content (AvgIpc) is 2.89. The zero-order valence-electron chi connectivity index (χ0n) is 22.0. The predicted molar refractivity (Wildman–Crippen MR) is 147 cm³/mol. The summed E-state index contributed by atoms with van der Waals surface area (Å²) in [5.74, 6) is 1.48. The van der Waals surface area contributed by atoms with Gasteiger partial charge in [0.15, 0.2) is 11.5 Å². The Balaban J connectivity index is 1.43. The van der Waals surface area contributed by atoms with Crippen LogP contribution in [0.4, 0.5) is 17.3 Å². The fourth-order valence-electron chi connectivity index (χ4n) is 4.49. The zero-order chi connectivity index (χ0) is 26.4. The molecule has 1 aromatic heterocycles. The fourth-order valence-corrected chi connectivity index (χ4v) is 4.49. The molecule has 1 fully saturated rings. The van der Waals surface area contributed by atoms with Gasteiger partial charge in [0.25, 0.3) is 5.91 Å². The number of anilines is 3. The molecule has 0 aliphatic carbocycles. The van der Waals surface area contributed by atoms with Crippen LogP contribution in [-0.2, 0) is 6.54 Å². The first-order valence-electron chi connectivity index (χ1n) is 12.8. The van der Waals surface area contributed by atoms with Gasteiger partial charge in [-0.05, 0) is 68.2 Å². The van der Waals surface area contributed by atoms with Gasteiger partial charge in [-0.1, -0.05) is 38.1 Å². The molecule has 1 amide bonds. The second-order valence-electron chi connectivity index (χ2n) is 10.1. The third-order valence-corrected chi connectivity index (χ3v) is 6.50. The smallest absolute Gasteiger partial charge is 0.251 e. The molecule has 2 heterocycles. The van der Waals surface area contributed by atoms with Gasteiger partial charge < -0.3 is 20.4 Å². The summed E-state index contributed by atoms with van der Waals surface area (Å²) in [5.41, 5.74) is 4.18. The maximum Gasteiger partial charge on any atom is 0.251 e. The van der Waals surface area contributed by atoms with Gasteiger partial charge in [-0.2, -0.15) is 5.26 Å². The van der Waals surface area contributed by atoms with Crippen molar-refractivity contribution in [2.45, 2.75) is 45.2 Å². The molecular weight excluding hydrogens is 462 g/mol. The van der Waals surface area contributed by atoms with E-state index in [1.165, 1.54) is 11.1 Å². The number of aromatic nitrogens is 2. The van der Waals surface area contributed by atoms with Crippen LogP contribution in [0.5, 0.6) is 0 Å². The topological polar surface area (TPSA) is 97.2 Å². The molecule has 0 saturated carbocycles. The van der Waals surface area contributed by atoms with Crippen LogP contribution in [0.15, 0.2) is 54.7 Å². The van der Waals surface area contributed by atoms with Crippen molar-refractivity contribution in [3.63, 3.8) is 0 Å². The number of carbonyl (C=O) groups is 1. The molecule has 8 nitrogen and oxygen atoms in total. The van der Waals surface area contributed by atoms with Crippen LogP contribution in [0.1, 0.15) is 59.8 Å². The maximum absolute atomic E-state index is 12.9. The number of piperidine rings is 1. The van der Waals surface area contributed by atoms with Crippen molar-refractivity contribution < 1.29 is 4.79 Å². The third-order valence-electron chi connectivity index (χ3n) is 6.50. The molecule has 2 N–H and O–H groups in total. The summed E-state index contributed by atoms with van der Waals surface area (Å²) in [5, 5.41) is 16.0. The van der Waals surface area contributed by atoms with E-state index in [1.807, 2.05) is 50.5 Å². The highest BCUT2D eigenvalue weighted by molar-refractivity contribution is 5.94. The Labute approximate surface area is 219 Å². The van der Waals surface area contributed by atoms with E-state index in [0.717, 1.165) is 31.6 Å². The lowest BCUT2D eigenvalue weighted by Crippen LogP contribution is -2.48. The summed E-state index contributed by atoms with van der Waals surface area (Å²) in [6.07, 6.45) is 3.47. The molecule has 0 bridgehead atoms. The molecule has 1 aliphatic heterocycles. The molecule has 2 aromatic carbocycles. The predicted octanol–water partition coefficient (Wildman–Crippen LogP) is 4.68. The number of nitriles is 1. The van der Waals surface area contributed by atoms with Gasteiger partial charge in [0, 0.05) is 36.9 Å². The minimum absolute atomic E-state index is 0.00381. The number of nitrogens with one attached hydrogen (secondary N) is 2. The molecule has 0 radical (unpaired) electrons. The number of benzene rings is 2. The van der Waals surface area contributed by atoms with Gasteiger partial charge in [-0.3, -0.25) is 4.79 Å². The lowest BCUT2D eigenvalue weighted by atomic mass is 10.0. The quantitative estimate of drug-likeness (QED) is 0.467. The largest absolute Gasteiger partial charge is 0.353 e. The summed E-state index contributed by atoms with van der Waals surface area (Å²) in [6, 6.07) is 18.0. The standard InChI is InChI=1S/C29H35N7O/c1-20(2)22-9-11-23(12-10-22)29(37)33-25-6-5-15-36(19-25)27-17-31-26(16-30)28(34-27)32-24-13-7-21(8-14-24)18-35(3)4/h7-14,17,20,25H,5-6,15,18-19H2,1-4H3,(H,32,34)(H,33,37)/t25-/m1/s1. The molecule has 37 heavy (non-hydrogen) atoms. The molecule has 3 aromatic rings. The normalized spacial score (nSPS) is 15.5. The highest BCUT2D eigenvalue weighted by Gasteiger charge is 2.24. The Bertz CT molecular complexity index is 1250. The SMILES string of the molecule is CC(C)c1ccc(C(=O)N[C@@H]2CCCN(c3cnc(C#N)c(Nc4ccc(CN(C)C)cc4)n3)C2)cc1. The Hall–Kier alpha value is -3.96. The van der Waals surface area contributed by atoms with Crippen molar-refractivity contribution in [1.82, 2.24) is 20.2 Å². The van der Waals surface area contributed by atoms with Crippen LogP contribution in [0, 0.1) is 11.3 Å². The summed E-state index contributed by atoms with van der Waals surface area (Å²) in [7, 11) is 4.07. The lowest BCUT2D eigenvalue weighted by molar-refractivity contribution is 0.0933. The van der Waals surface area contributed by atoms with E-state index in [9.17, 15) is 10.1 Å². The molecular formula is C29H35N7O. The molecule has 0 unspecified atom stereocenters. The van der Waals surface area contributed by atoms with Crippen LogP contribution in [0.25, 0.3) is 0 Å². The van der Waals surface area contributed by atoms with Crippen LogP contribution in [0.2, 0.25) is 0 Å². The first-order valence-corrected chi connectivity index (χ1v) is 12.8. The highest BCUT2D eigenvalue weighted by atomic mass is 16.1. The van der Waals surface area contributed by atoms with E-state index in [-0.39, 0.29) is 17.6 Å². The van der Waals surface area contributed by atoms with E-state index in [2.05, 4.69) is 57.5 Å². The van der Waals surface area contributed by atoms with Crippen molar-refractivity contribution in [1.29, 1.82) is 5.26 Å². The molecule has 0 spiro atoms. The monoisotopic (exact) mass is 497 g/mol. The first-order chi connectivity index (χ1) is 17.8. The second kappa shape index (κ2) is 11.8. The number of rotatable bonds is 8. The molecule has 1 aliphatic rings. The van der Waals surface area contributed by atoms with Gasteiger partial charge >= 0.3 is 0 Å². The van der Waals surface area contributed by atoms with Gasteiger partial charge in [0.05, 0.1) is 6.20 Å². The minimum Gasteiger partial charge on any atom is -0.353 e. The van der Waals surface area contributed by atoms with Crippen molar-refractivity contribution >= 4 is 23.2 Å². The van der Waals surface area contributed by atoms with Crippen molar-refractivity contribution in [2.24, 2.45) is 0 Å². The maximum atomic E-state index is 12.9. The number of amides is 1. The minimum atomic E-state index is -0.0619. The van der Waals surface area contributed by atoms with Crippen molar-refractivity contribution in [3.8, 4) is 6.07 Å². The third kappa shape index (κ3) is 6.83.